The molecule has 1 aliphatic rings. The number of fused-ring (bicyclic) bond motifs is 1. The predicted molar refractivity (Wildman–Crippen MR) is 129 cm³/mol. The Morgan fingerprint density at radius 2 is 1.58 bits per heavy atom. The molecule has 4 rings (SSSR count). The van der Waals surface area contributed by atoms with Gasteiger partial charge in [-0.05, 0) is 73.6 Å². The minimum absolute atomic E-state index is 0.0820. The fourth-order valence-electron chi connectivity index (χ4n) is 4.18. The fourth-order valence-corrected chi connectivity index (χ4v) is 5.46. The molecule has 6 nitrogen and oxygen atoms in total. The molecule has 0 aliphatic heterocycles. The van der Waals surface area contributed by atoms with E-state index in [4.69, 9.17) is 4.74 Å². The first-order valence-electron chi connectivity index (χ1n) is 11.1. The van der Waals surface area contributed by atoms with Gasteiger partial charge in [-0.2, -0.15) is 0 Å². The van der Waals surface area contributed by atoms with Crippen LogP contribution in [0.25, 0.3) is 0 Å². The van der Waals surface area contributed by atoms with E-state index in [1.54, 1.807) is 30.3 Å². The highest BCUT2D eigenvalue weighted by molar-refractivity contribution is 7.92. The first-order chi connectivity index (χ1) is 15.9. The van der Waals surface area contributed by atoms with Crippen molar-refractivity contribution in [3.05, 3.63) is 89.0 Å². The van der Waals surface area contributed by atoms with Crippen molar-refractivity contribution in [2.75, 3.05) is 11.8 Å². The quantitative estimate of drug-likeness (QED) is 0.523. The molecule has 1 aliphatic carbocycles. The van der Waals surface area contributed by atoms with Gasteiger partial charge < -0.3 is 10.1 Å². The van der Waals surface area contributed by atoms with Crippen molar-refractivity contribution in [3.63, 3.8) is 0 Å². The van der Waals surface area contributed by atoms with Gasteiger partial charge in [-0.3, -0.25) is 9.52 Å². The van der Waals surface area contributed by atoms with Crippen LogP contribution in [0.5, 0.6) is 5.75 Å². The van der Waals surface area contributed by atoms with Gasteiger partial charge in [0, 0.05) is 0 Å². The van der Waals surface area contributed by atoms with Crippen LogP contribution in [0.4, 0.5) is 5.69 Å². The van der Waals surface area contributed by atoms with Crippen molar-refractivity contribution in [1.82, 2.24) is 5.32 Å². The predicted octanol–water partition coefficient (Wildman–Crippen LogP) is 4.87. The highest BCUT2D eigenvalue weighted by atomic mass is 32.2. The number of hydrogen-bond donors (Lipinski definition) is 2. The number of amides is 1. The molecule has 7 heteroatoms. The Kier molecular flexibility index (Phi) is 6.70. The van der Waals surface area contributed by atoms with Crippen molar-refractivity contribution in [2.45, 2.75) is 43.5 Å². The summed E-state index contributed by atoms with van der Waals surface area (Å²) in [5.74, 6) is -0.0511. The average Bonchev–Trinajstić information content (AvgIpc) is 2.83. The average molecular weight is 465 g/mol. The molecule has 0 heterocycles. The molecule has 0 spiro atoms. The van der Waals surface area contributed by atoms with Gasteiger partial charge in [0.25, 0.3) is 15.9 Å². The van der Waals surface area contributed by atoms with Crippen molar-refractivity contribution in [2.24, 2.45) is 0 Å². The summed E-state index contributed by atoms with van der Waals surface area (Å²) in [6, 6.07) is 19.5. The zero-order valence-electron chi connectivity index (χ0n) is 18.8. The van der Waals surface area contributed by atoms with Gasteiger partial charge in [0.05, 0.1) is 24.4 Å². The van der Waals surface area contributed by atoms with Gasteiger partial charge in [-0.15, -0.1) is 0 Å². The maximum Gasteiger partial charge on any atom is 0.265 e. The summed E-state index contributed by atoms with van der Waals surface area (Å²) in [6.45, 7) is 1.89. The van der Waals surface area contributed by atoms with Gasteiger partial charge >= 0.3 is 0 Å². The van der Waals surface area contributed by atoms with Gasteiger partial charge in [0.2, 0.25) is 0 Å². The van der Waals surface area contributed by atoms with Gasteiger partial charge in [-0.1, -0.05) is 42.5 Å². The molecular formula is C26H28N2O4S. The van der Waals surface area contributed by atoms with Crippen molar-refractivity contribution >= 4 is 21.6 Å². The molecule has 0 aromatic heterocycles. The number of para-hydroxylation sites is 1. The Hall–Kier alpha value is -3.32. The molecule has 0 fully saturated rings. The molecule has 0 bridgehead atoms. The van der Waals surface area contributed by atoms with E-state index >= 15 is 0 Å². The summed E-state index contributed by atoms with van der Waals surface area (Å²) in [5, 5.41) is 2.94. The number of rotatable bonds is 7. The standard InChI is InChI=1S/C26H28N2O4S/c1-18(19-10-4-3-5-11-19)27-26(29)22-14-8-9-15-23(22)28-33(30,31)25-17-21-13-7-6-12-20(21)16-24(25)32-2/h3-5,8-11,14-18,28H,6-7,12-13H2,1-2H3,(H,27,29)/t18-/m0/s1. The molecule has 0 saturated heterocycles. The number of ether oxygens (including phenoxy) is 1. The molecule has 3 aromatic rings. The zero-order valence-corrected chi connectivity index (χ0v) is 19.6. The summed E-state index contributed by atoms with van der Waals surface area (Å²) >= 11 is 0. The topological polar surface area (TPSA) is 84.5 Å². The lowest BCUT2D eigenvalue weighted by molar-refractivity contribution is 0.0941. The SMILES string of the molecule is COc1cc2c(cc1S(=O)(=O)Nc1ccccc1C(=O)N[C@@H](C)c1ccccc1)CCCC2. The number of aryl methyl sites for hydroxylation is 2. The Morgan fingerprint density at radius 3 is 2.27 bits per heavy atom. The normalized spacial score (nSPS) is 14.1. The molecule has 33 heavy (non-hydrogen) atoms. The van der Waals surface area contributed by atoms with E-state index in [-0.39, 0.29) is 28.1 Å². The van der Waals surface area contributed by atoms with E-state index < -0.39 is 10.0 Å². The number of anilines is 1. The third-order valence-electron chi connectivity index (χ3n) is 5.98. The maximum atomic E-state index is 13.4. The van der Waals surface area contributed by atoms with Crippen LogP contribution in [0.1, 0.15) is 52.9 Å². The Labute approximate surface area is 195 Å². The largest absolute Gasteiger partial charge is 0.495 e. The first kappa shape index (κ1) is 22.9. The summed E-state index contributed by atoms with van der Waals surface area (Å²) < 4.78 is 34.8. The van der Waals surface area contributed by atoms with E-state index in [9.17, 15) is 13.2 Å². The molecule has 0 saturated carbocycles. The van der Waals surface area contributed by atoms with Crippen LogP contribution in [0, 0.1) is 0 Å². The highest BCUT2D eigenvalue weighted by Gasteiger charge is 2.25. The fraction of sp³-hybridized carbons (Fsp3) is 0.269. The van der Waals surface area contributed by atoms with Crippen molar-refractivity contribution in [1.29, 1.82) is 0 Å². The van der Waals surface area contributed by atoms with Gasteiger partial charge in [0.15, 0.2) is 0 Å². The molecule has 0 unspecified atom stereocenters. The third kappa shape index (κ3) is 5.03. The van der Waals surface area contributed by atoms with Crippen LogP contribution in [0.2, 0.25) is 0 Å². The number of methoxy groups -OCH3 is 1. The number of benzene rings is 3. The van der Waals surface area contributed by atoms with E-state index in [1.807, 2.05) is 43.3 Å². The van der Waals surface area contributed by atoms with E-state index in [0.29, 0.717) is 5.75 Å². The van der Waals surface area contributed by atoms with Crippen molar-refractivity contribution in [3.8, 4) is 5.75 Å². The van der Waals surface area contributed by atoms with E-state index in [0.717, 1.165) is 42.4 Å². The first-order valence-corrected chi connectivity index (χ1v) is 12.5. The number of carbonyl (C=O) groups excluding carboxylic acids is 1. The minimum atomic E-state index is -3.98. The van der Waals surface area contributed by atoms with Crippen LogP contribution >= 0.6 is 0 Å². The molecule has 3 aromatic carbocycles. The molecule has 2 N–H and O–H groups in total. The second-order valence-corrected chi connectivity index (χ2v) is 9.89. The monoisotopic (exact) mass is 464 g/mol. The number of hydrogen-bond acceptors (Lipinski definition) is 4. The Morgan fingerprint density at radius 1 is 0.939 bits per heavy atom. The van der Waals surface area contributed by atoms with Crippen LogP contribution in [-0.2, 0) is 22.9 Å². The Balaban J connectivity index is 1.62. The molecular weight excluding hydrogens is 436 g/mol. The lowest BCUT2D eigenvalue weighted by Crippen LogP contribution is -2.28. The maximum absolute atomic E-state index is 13.4. The second-order valence-electron chi connectivity index (χ2n) is 8.24. The zero-order chi connectivity index (χ0) is 23.4. The smallest absolute Gasteiger partial charge is 0.265 e. The van der Waals surface area contributed by atoms with Crippen LogP contribution in [0.15, 0.2) is 71.6 Å². The number of nitrogens with one attached hydrogen (secondary N) is 2. The van der Waals surface area contributed by atoms with E-state index in [2.05, 4.69) is 10.0 Å². The Bertz CT molecular complexity index is 1260. The summed E-state index contributed by atoms with van der Waals surface area (Å²) in [4.78, 5) is 13.1. The van der Waals surface area contributed by atoms with E-state index in [1.165, 1.54) is 7.11 Å². The van der Waals surface area contributed by atoms with Gasteiger partial charge in [-0.25, -0.2) is 8.42 Å². The highest BCUT2D eigenvalue weighted by Crippen LogP contribution is 2.33. The van der Waals surface area contributed by atoms with Crippen LogP contribution < -0.4 is 14.8 Å². The van der Waals surface area contributed by atoms with Crippen molar-refractivity contribution < 1.29 is 17.9 Å². The lowest BCUT2D eigenvalue weighted by Gasteiger charge is -2.20. The summed E-state index contributed by atoms with van der Waals surface area (Å²) in [6.07, 6.45) is 3.89. The van der Waals surface area contributed by atoms with Gasteiger partial charge in [0.1, 0.15) is 10.6 Å². The summed E-state index contributed by atoms with van der Waals surface area (Å²) in [7, 11) is -2.51. The molecule has 1 amide bonds. The minimum Gasteiger partial charge on any atom is -0.495 e. The van der Waals surface area contributed by atoms with Crippen LogP contribution in [0.3, 0.4) is 0 Å². The summed E-state index contributed by atoms with van der Waals surface area (Å²) in [5.41, 5.74) is 3.59. The lowest BCUT2D eigenvalue weighted by atomic mass is 9.92. The molecule has 1 atom stereocenters. The third-order valence-corrected chi connectivity index (χ3v) is 7.37. The molecule has 172 valence electrons. The number of sulfonamides is 1. The molecule has 0 radical (unpaired) electrons. The second kappa shape index (κ2) is 9.67. The number of carbonyl (C=O) groups is 1. The van der Waals surface area contributed by atoms with Crippen LogP contribution in [-0.4, -0.2) is 21.4 Å².